The monoisotopic (exact) mass is 428 g/mol. The summed E-state index contributed by atoms with van der Waals surface area (Å²) in [7, 11) is 5.87. The van der Waals surface area contributed by atoms with Crippen LogP contribution in [0.5, 0.6) is 0 Å². The Bertz CT molecular complexity index is 874. The molecule has 0 aromatic heterocycles. The van der Waals surface area contributed by atoms with E-state index in [2.05, 4.69) is 5.32 Å². The standard InChI is InChI=1S/C24H33FN4O2/c1-24(2,3)29(16-22(30)26-20-11-9-19(25)10-12-20)23(31)17-28(6)15-18-7-13-21(14-8-18)27(4)5/h7-14H,15-17H2,1-6H3,(H,26,30). The van der Waals surface area contributed by atoms with Crippen LogP contribution in [0.2, 0.25) is 0 Å². The van der Waals surface area contributed by atoms with Gasteiger partial charge in [-0.05, 0) is 69.8 Å². The van der Waals surface area contributed by atoms with Crippen LogP contribution in [-0.4, -0.2) is 61.4 Å². The first-order valence-electron chi connectivity index (χ1n) is 10.3. The van der Waals surface area contributed by atoms with Crippen molar-refractivity contribution in [2.75, 3.05) is 44.4 Å². The quantitative estimate of drug-likeness (QED) is 0.698. The molecular formula is C24H33FN4O2. The molecule has 2 amide bonds. The van der Waals surface area contributed by atoms with Gasteiger partial charge in [0, 0.05) is 37.6 Å². The van der Waals surface area contributed by atoms with Crippen LogP contribution in [0.3, 0.4) is 0 Å². The highest BCUT2D eigenvalue weighted by atomic mass is 19.1. The number of carbonyl (C=O) groups is 2. The van der Waals surface area contributed by atoms with Gasteiger partial charge in [-0.25, -0.2) is 4.39 Å². The van der Waals surface area contributed by atoms with Gasteiger partial charge >= 0.3 is 0 Å². The lowest BCUT2D eigenvalue weighted by Gasteiger charge is -2.36. The lowest BCUT2D eigenvalue weighted by Crippen LogP contribution is -2.52. The molecule has 0 heterocycles. The van der Waals surface area contributed by atoms with Crippen LogP contribution < -0.4 is 10.2 Å². The van der Waals surface area contributed by atoms with Gasteiger partial charge in [-0.1, -0.05) is 12.1 Å². The second-order valence-electron chi connectivity index (χ2n) is 8.94. The lowest BCUT2D eigenvalue weighted by molar-refractivity contribution is -0.140. The van der Waals surface area contributed by atoms with Gasteiger partial charge in [0.2, 0.25) is 11.8 Å². The smallest absolute Gasteiger partial charge is 0.244 e. The number of amides is 2. The van der Waals surface area contributed by atoms with Crippen LogP contribution in [0, 0.1) is 5.82 Å². The van der Waals surface area contributed by atoms with Crippen molar-refractivity contribution >= 4 is 23.2 Å². The fraction of sp³-hybridized carbons (Fsp3) is 0.417. The molecule has 0 unspecified atom stereocenters. The van der Waals surface area contributed by atoms with Gasteiger partial charge in [0.15, 0.2) is 0 Å². The molecule has 0 atom stereocenters. The predicted molar refractivity (Wildman–Crippen MR) is 124 cm³/mol. The van der Waals surface area contributed by atoms with Gasteiger partial charge < -0.3 is 15.1 Å². The summed E-state index contributed by atoms with van der Waals surface area (Å²) in [6.07, 6.45) is 0. The normalized spacial score (nSPS) is 11.4. The zero-order valence-corrected chi connectivity index (χ0v) is 19.3. The lowest BCUT2D eigenvalue weighted by atomic mass is 10.1. The molecule has 0 radical (unpaired) electrons. The number of benzene rings is 2. The Balaban J connectivity index is 1.98. The molecule has 0 aliphatic carbocycles. The minimum Gasteiger partial charge on any atom is -0.378 e. The number of halogens is 1. The van der Waals surface area contributed by atoms with E-state index in [9.17, 15) is 14.0 Å². The number of carbonyl (C=O) groups excluding carboxylic acids is 2. The van der Waals surface area contributed by atoms with Gasteiger partial charge in [-0.2, -0.15) is 0 Å². The Morgan fingerprint density at radius 2 is 1.48 bits per heavy atom. The fourth-order valence-corrected chi connectivity index (χ4v) is 3.16. The fourth-order valence-electron chi connectivity index (χ4n) is 3.16. The largest absolute Gasteiger partial charge is 0.378 e. The number of anilines is 2. The zero-order chi connectivity index (χ0) is 23.2. The molecule has 0 fully saturated rings. The molecule has 7 heteroatoms. The van der Waals surface area contributed by atoms with E-state index in [1.165, 1.54) is 24.3 Å². The summed E-state index contributed by atoms with van der Waals surface area (Å²) in [5.41, 5.74) is 2.20. The maximum atomic E-state index is 13.1. The average molecular weight is 429 g/mol. The topological polar surface area (TPSA) is 55.9 Å². The van der Waals surface area contributed by atoms with Crippen molar-refractivity contribution in [1.29, 1.82) is 0 Å². The van der Waals surface area contributed by atoms with Crippen molar-refractivity contribution in [3.8, 4) is 0 Å². The molecule has 0 aliphatic rings. The second kappa shape index (κ2) is 10.4. The first kappa shape index (κ1) is 24.3. The van der Waals surface area contributed by atoms with Crippen molar-refractivity contribution in [3.63, 3.8) is 0 Å². The molecule has 0 saturated heterocycles. The number of nitrogens with zero attached hydrogens (tertiary/aromatic N) is 3. The van der Waals surface area contributed by atoms with Crippen LogP contribution in [0.25, 0.3) is 0 Å². The van der Waals surface area contributed by atoms with E-state index in [1.807, 2.05) is 76.0 Å². The predicted octanol–water partition coefficient (Wildman–Crippen LogP) is 3.59. The molecule has 2 rings (SSSR count). The van der Waals surface area contributed by atoms with Gasteiger partial charge in [0.1, 0.15) is 12.4 Å². The number of nitrogens with one attached hydrogen (secondary N) is 1. The molecule has 2 aromatic carbocycles. The molecule has 0 bridgehead atoms. The summed E-state index contributed by atoms with van der Waals surface area (Å²) in [5, 5.41) is 2.72. The van der Waals surface area contributed by atoms with E-state index in [4.69, 9.17) is 0 Å². The van der Waals surface area contributed by atoms with Crippen LogP contribution in [0.15, 0.2) is 48.5 Å². The van der Waals surface area contributed by atoms with Crippen molar-refractivity contribution in [3.05, 3.63) is 59.9 Å². The highest BCUT2D eigenvalue weighted by molar-refractivity contribution is 5.95. The van der Waals surface area contributed by atoms with Crippen molar-refractivity contribution < 1.29 is 14.0 Å². The Kier molecular flexibility index (Phi) is 8.16. The van der Waals surface area contributed by atoms with Gasteiger partial charge in [-0.15, -0.1) is 0 Å². The summed E-state index contributed by atoms with van der Waals surface area (Å²) >= 11 is 0. The van der Waals surface area contributed by atoms with Gasteiger partial charge in [0.05, 0.1) is 6.54 Å². The van der Waals surface area contributed by atoms with Gasteiger partial charge in [0.25, 0.3) is 0 Å². The molecule has 6 nitrogen and oxygen atoms in total. The molecular weight excluding hydrogens is 395 g/mol. The van der Waals surface area contributed by atoms with E-state index in [1.54, 1.807) is 4.90 Å². The Labute approximate surface area is 184 Å². The van der Waals surface area contributed by atoms with E-state index in [-0.39, 0.29) is 30.7 Å². The van der Waals surface area contributed by atoms with Crippen LogP contribution >= 0.6 is 0 Å². The van der Waals surface area contributed by atoms with Crippen LogP contribution in [0.1, 0.15) is 26.3 Å². The summed E-state index contributed by atoms with van der Waals surface area (Å²) in [6.45, 7) is 6.43. The van der Waals surface area contributed by atoms with Crippen molar-refractivity contribution in [1.82, 2.24) is 9.80 Å². The first-order chi connectivity index (χ1) is 14.5. The number of hydrogen-bond donors (Lipinski definition) is 1. The summed E-state index contributed by atoms with van der Waals surface area (Å²) in [5.74, 6) is -0.824. The number of hydrogen-bond acceptors (Lipinski definition) is 4. The third-order valence-electron chi connectivity index (χ3n) is 4.85. The Morgan fingerprint density at radius 1 is 0.903 bits per heavy atom. The average Bonchev–Trinajstić information content (AvgIpc) is 2.67. The van der Waals surface area contributed by atoms with Crippen LogP contribution in [0.4, 0.5) is 15.8 Å². The van der Waals surface area contributed by atoms with E-state index < -0.39 is 5.54 Å². The number of rotatable bonds is 8. The van der Waals surface area contributed by atoms with E-state index in [0.717, 1.165) is 11.3 Å². The molecule has 0 aliphatic heterocycles. The molecule has 1 N–H and O–H groups in total. The summed E-state index contributed by atoms with van der Waals surface area (Å²) in [6, 6.07) is 13.7. The minimum atomic E-state index is -0.522. The third-order valence-corrected chi connectivity index (χ3v) is 4.85. The van der Waals surface area contributed by atoms with Gasteiger partial charge in [-0.3, -0.25) is 14.5 Å². The molecule has 0 saturated carbocycles. The van der Waals surface area contributed by atoms with E-state index in [0.29, 0.717) is 12.2 Å². The highest BCUT2D eigenvalue weighted by Crippen LogP contribution is 2.16. The van der Waals surface area contributed by atoms with Crippen LogP contribution in [-0.2, 0) is 16.1 Å². The molecule has 2 aromatic rings. The molecule has 0 spiro atoms. The third kappa shape index (κ3) is 7.68. The maximum Gasteiger partial charge on any atom is 0.244 e. The van der Waals surface area contributed by atoms with Crippen molar-refractivity contribution in [2.45, 2.75) is 32.9 Å². The first-order valence-corrected chi connectivity index (χ1v) is 10.3. The maximum absolute atomic E-state index is 13.1. The van der Waals surface area contributed by atoms with Crippen molar-refractivity contribution in [2.24, 2.45) is 0 Å². The zero-order valence-electron chi connectivity index (χ0n) is 19.3. The Hall–Kier alpha value is -2.93. The summed E-state index contributed by atoms with van der Waals surface area (Å²) in [4.78, 5) is 31.1. The molecule has 31 heavy (non-hydrogen) atoms. The highest BCUT2D eigenvalue weighted by Gasteiger charge is 2.29. The van der Waals surface area contributed by atoms with E-state index >= 15 is 0 Å². The minimum absolute atomic E-state index is 0.0783. The second-order valence-corrected chi connectivity index (χ2v) is 8.94. The Morgan fingerprint density at radius 3 is 2.00 bits per heavy atom. The SMILES string of the molecule is CN(CC(=O)N(CC(=O)Nc1ccc(F)cc1)C(C)(C)C)Cc1ccc(N(C)C)cc1. The number of likely N-dealkylation sites (N-methyl/N-ethyl adjacent to an activating group) is 1. The summed E-state index contributed by atoms with van der Waals surface area (Å²) < 4.78 is 13.1. The molecule has 168 valence electrons.